The van der Waals surface area contributed by atoms with Gasteiger partial charge >= 0.3 is 5.97 Å². The van der Waals surface area contributed by atoms with E-state index in [0.717, 1.165) is 6.07 Å². The number of hydrogen-bond acceptors (Lipinski definition) is 4. The Balaban J connectivity index is 2.32. The quantitative estimate of drug-likeness (QED) is 0.656. The van der Waals surface area contributed by atoms with Crippen LogP contribution in [-0.2, 0) is 17.6 Å². The lowest BCUT2D eigenvalue weighted by Gasteiger charge is -2.34. The Kier molecular flexibility index (Phi) is 6.85. The van der Waals surface area contributed by atoms with Crippen molar-refractivity contribution in [3.05, 3.63) is 59.2 Å². The topological polar surface area (TPSA) is 76.0 Å². The van der Waals surface area contributed by atoms with Gasteiger partial charge in [0.25, 0.3) is 0 Å². The molecule has 0 radical (unpaired) electrons. The summed E-state index contributed by atoms with van der Waals surface area (Å²) in [5, 5.41) is 20.7. The van der Waals surface area contributed by atoms with Gasteiger partial charge in [0, 0.05) is 12.0 Å². The lowest BCUT2D eigenvalue weighted by atomic mass is 9.74. The highest BCUT2D eigenvalue weighted by molar-refractivity contribution is 5.78. The normalized spacial score (nSPS) is 13.6. The molecule has 158 valence electrons. The zero-order valence-electron chi connectivity index (χ0n) is 17.0. The van der Waals surface area contributed by atoms with Crippen molar-refractivity contribution in [3.63, 3.8) is 0 Å². The van der Waals surface area contributed by atoms with Gasteiger partial charge in [-0.05, 0) is 60.2 Å². The summed E-state index contributed by atoms with van der Waals surface area (Å²) in [7, 11) is 2.85. The standard InChI is InChI=1S/C22H26F2O5/c1-21(2,11-14-9-16(23)5-7-18(14)28-3)13-22(27,20(25)26)12-15-10-17(24)6-8-19(15)29-4/h5-10,27H,11-13H2,1-4H3,(H,25,26). The first-order valence-electron chi connectivity index (χ1n) is 9.10. The second-order valence-electron chi connectivity index (χ2n) is 7.94. The van der Waals surface area contributed by atoms with Crippen LogP contribution >= 0.6 is 0 Å². The van der Waals surface area contributed by atoms with Gasteiger partial charge in [-0.1, -0.05) is 13.8 Å². The molecule has 2 aromatic rings. The summed E-state index contributed by atoms with van der Waals surface area (Å²) in [6.45, 7) is 3.54. The molecule has 0 spiro atoms. The van der Waals surface area contributed by atoms with Crippen molar-refractivity contribution in [1.82, 2.24) is 0 Å². The lowest BCUT2D eigenvalue weighted by Crippen LogP contribution is -2.45. The monoisotopic (exact) mass is 408 g/mol. The van der Waals surface area contributed by atoms with E-state index in [1.165, 1.54) is 44.6 Å². The number of halogens is 2. The van der Waals surface area contributed by atoms with Crippen LogP contribution in [0, 0.1) is 17.0 Å². The lowest BCUT2D eigenvalue weighted by molar-refractivity contribution is -0.162. The Morgan fingerprint density at radius 2 is 1.38 bits per heavy atom. The largest absolute Gasteiger partial charge is 0.496 e. The van der Waals surface area contributed by atoms with Crippen molar-refractivity contribution < 1.29 is 33.3 Å². The number of methoxy groups -OCH3 is 2. The van der Waals surface area contributed by atoms with Gasteiger partial charge in [-0.2, -0.15) is 0 Å². The summed E-state index contributed by atoms with van der Waals surface area (Å²) in [5.41, 5.74) is -2.11. The Hall–Kier alpha value is -2.67. The van der Waals surface area contributed by atoms with Crippen molar-refractivity contribution in [2.75, 3.05) is 14.2 Å². The minimum atomic E-state index is -2.18. The second kappa shape index (κ2) is 8.78. The molecule has 7 heteroatoms. The van der Waals surface area contributed by atoms with Gasteiger partial charge in [-0.25, -0.2) is 13.6 Å². The highest BCUT2D eigenvalue weighted by atomic mass is 19.1. The highest BCUT2D eigenvalue weighted by Crippen LogP contribution is 2.37. The second-order valence-corrected chi connectivity index (χ2v) is 7.94. The summed E-state index contributed by atoms with van der Waals surface area (Å²) in [6.07, 6.45) is -0.231. The molecule has 0 heterocycles. The average molecular weight is 408 g/mol. The van der Waals surface area contributed by atoms with Gasteiger partial charge in [0.2, 0.25) is 0 Å². The van der Waals surface area contributed by atoms with Gasteiger partial charge in [-0.15, -0.1) is 0 Å². The maximum Gasteiger partial charge on any atom is 0.336 e. The number of aliphatic hydroxyl groups is 1. The van der Waals surface area contributed by atoms with Gasteiger partial charge in [0.05, 0.1) is 14.2 Å². The number of benzene rings is 2. The van der Waals surface area contributed by atoms with Crippen LogP contribution in [0.5, 0.6) is 11.5 Å². The molecule has 5 nitrogen and oxygen atoms in total. The van der Waals surface area contributed by atoms with E-state index in [4.69, 9.17) is 9.47 Å². The predicted molar refractivity (Wildman–Crippen MR) is 104 cm³/mol. The van der Waals surface area contributed by atoms with Crippen molar-refractivity contribution >= 4 is 5.97 Å². The summed E-state index contributed by atoms with van der Waals surface area (Å²) < 4.78 is 37.8. The van der Waals surface area contributed by atoms with Crippen LogP contribution in [-0.4, -0.2) is 36.0 Å². The number of carboxylic acid groups (broad SMARTS) is 1. The van der Waals surface area contributed by atoms with Crippen molar-refractivity contribution in [1.29, 1.82) is 0 Å². The van der Waals surface area contributed by atoms with E-state index < -0.39 is 28.6 Å². The number of ether oxygens (including phenoxy) is 2. The first-order chi connectivity index (χ1) is 13.5. The van der Waals surface area contributed by atoms with E-state index in [-0.39, 0.29) is 30.6 Å². The molecular formula is C22H26F2O5. The van der Waals surface area contributed by atoms with Crippen LogP contribution in [0.3, 0.4) is 0 Å². The molecule has 0 aliphatic rings. The molecule has 0 fully saturated rings. The van der Waals surface area contributed by atoms with E-state index in [1.807, 2.05) is 0 Å². The molecule has 29 heavy (non-hydrogen) atoms. The summed E-state index contributed by atoms with van der Waals surface area (Å²) in [4.78, 5) is 11.9. The number of aliphatic carboxylic acids is 1. The third-order valence-corrected chi connectivity index (χ3v) is 4.81. The van der Waals surface area contributed by atoms with Crippen LogP contribution in [0.1, 0.15) is 31.4 Å². The average Bonchev–Trinajstić information content (AvgIpc) is 2.61. The maximum atomic E-state index is 13.7. The van der Waals surface area contributed by atoms with E-state index in [0.29, 0.717) is 11.3 Å². The first-order valence-corrected chi connectivity index (χ1v) is 9.10. The highest BCUT2D eigenvalue weighted by Gasteiger charge is 2.42. The molecular weight excluding hydrogens is 382 g/mol. The van der Waals surface area contributed by atoms with Gasteiger partial charge in [0.15, 0.2) is 5.60 Å². The SMILES string of the molecule is COc1ccc(F)cc1CC(C)(C)CC(O)(Cc1cc(F)ccc1OC)C(=O)O. The zero-order valence-corrected chi connectivity index (χ0v) is 17.0. The van der Waals surface area contributed by atoms with Crippen LogP contribution in [0.25, 0.3) is 0 Å². The van der Waals surface area contributed by atoms with Gasteiger partial charge in [-0.3, -0.25) is 0 Å². The van der Waals surface area contributed by atoms with Gasteiger partial charge < -0.3 is 19.7 Å². The molecule has 2 N–H and O–H groups in total. The summed E-state index contributed by atoms with van der Waals surface area (Å²) >= 11 is 0. The number of rotatable bonds is 9. The van der Waals surface area contributed by atoms with E-state index in [1.54, 1.807) is 13.8 Å². The van der Waals surface area contributed by atoms with Gasteiger partial charge in [0.1, 0.15) is 23.1 Å². The zero-order chi connectivity index (χ0) is 21.8. The summed E-state index contributed by atoms with van der Waals surface area (Å²) in [6, 6.07) is 7.84. The number of carbonyl (C=O) groups is 1. The molecule has 0 aromatic heterocycles. The van der Waals surface area contributed by atoms with Crippen molar-refractivity contribution in [3.8, 4) is 11.5 Å². The smallest absolute Gasteiger partial charge is 0.336 e. The van der Waals surface area contributed by atoms with Crippen LogP contribution in [0.4, 0.5) is 8.78 Å². The van der Waals surface area contributed by atoms with Crippen LogP contribution in [0.2, 0.25) is 0 Å². The number of hydrogen-bond donors (Lipinski definition) is 2. The maximum absolute atomic E-state index is 13.7. The van der Waals surface area contributed by atoms with Crippen molar-refractivity contribution in [2.24, 2.45) is 5.41 Å². The minimum Gasteiger partial charge on any atom is -0.496 e. The first kappa shape index (κ1) is 22.6. The van der Waals surface area contributed by atoms with Crippen LogP contribution < -0.4 is 9.47 Å². The molecule has 0 aliphatic heterocycles. The molecule has 1 atom stereocenters. The Bertz CT molecular complexity index is 882. The summed E-state index contributed by atoms with van der Waals surface area (Å²) in [5.74, 6) is -1.66. The van der Waals surface area contributed by atoms with E-state index >= 15 is 0 Å². The molecule has 0 aliphatic carbocycles. The molecule has 0 saturated heterocycles. The van der Waals surface area contributed by atoms with E-state index in [9.17, 15) is 23.8 Å². The van der Waals surface area contributed by atoms with E-state index in [2.05, 4.69) is 0 Å². The molecule has 0 amide bonds. The molecule has 0 bridgehead atoms. The third-order valence-electron chi connectivity index (χ3n) is 4.81. The molecule has 0 saturated carbocycles. The Morgan fingerprint density at radius 1 is 0.931 bits per heavy atom. The third kappa shape index (κ3) is 5.67. The molecule has 2 aromatic carbocycles. The Morgan fingerprint density at radius 3 is 1.79 bits per heavy atom. The fourth-order valence-corrected chi connectivity index (χ4v) is 3.67. The number of carboxylic acids is 1. The Labute approximate surface area is 168 Å². The molecule has 1 unspecified atom stereocenters. The predicted octanol–water partition coefficient (Wildman–Crippen LogP) is 4.00. The minimum absolute atomic E-state index is 0.158. The van der Waals surface area contributed by atoms with Crippen molar-refractivity contribution in [2.45, 2.75) is 38.7 Å². The fourth-order valence-electron chi connectivity index (χ4n) is 3.67. The fraction of sp³-hybridized carbons (Fsp3) is 0.409. The molecule has 2 rings (SSSR count). The van der Waals surface area contributed by atoms with Crippen LogP contribution in [0.15, 0.2) is 36.4 Å².